The molecule has 16 heavy (non-hydrogen) atoms. The first-order valence-corrected chi connectivity index (χ1v) is 4.69. The highest BCUT2D eigenvalue weighted by atomic mass is 35.5. The minimum absolute atomic E-state index is 0.0809. The fraction of sp³-hybridized carbons (Fsp3) is 0.111. The van der Waals surface area contributed by atoms with Crippen molar-refractivity contribution in [2.75, 3.05) is 5.32 Å². The number of anilines is 1. The van der Waals surface area contributed by atoms with Crippen molar-refractivity contribution in [2.45, 2.75) is 6.92 Å². The molecule has 2 rings (SSSR count). The van der Waals surface area contributed by atoms with Crippen LogP contribution in [-0.2, 0) is 4.79 Å². The van der Waals surface area contributed by atoms with Gasteiger partial charge in [0.2, 0.25) is 5.95 Å². The monoisotopic (exact) mass is 235 g/mol. The SMILES string of the molecule is CC#CC(=O)Nc1nc(Cl)c2[nH]cnc2n1. The lowest BCUT2D eigenvalue weighted by Crippen LogP contribution is -2.11. The molecular weight excluding hydrogens is 230 g/mol. The van der Waals surface area contributed by atoms with Gasteiger partial charge in [0.25, 0.3) is 0 Å². The number of rotatable bonds is 1. The molecule has 2 aromatic rings. The normalized spacial score (nSPS) is 9.62. The van der Waals surface area contributed by atoms with Crippen molar-refractivity contribution in [3.05, 3.63) is 11.5 Å². The number of nitrogens with zero attached hydrogens (tertiary/aromatic N) is 3. The number of aromatic amines is 1. The zero-order valence-electron chi connectivity index (χ0n) is 8.21. The van der Waals surface area contributed by atoms with E-state index in [2.05, 4.69) is 37.1 Å². The number of H-pyrrole nitrogens is 1. The van der Waals surface area contributed by atoms with Gasteiger partial charge in [0, 0.05) is 0 Å². The molecule has 0 aromatic carbocycles. The van der Waals surface area contributed by atoms with Crippen LogP contribution in [0.25, 0.3) is 11.2 Å². The van der Waals surface area contributed by atoms with Gasteiger partial charge in [-0.2, -0.15) is 9.97 Å². The van der Waals surface area contributed by atoms with Crippen molar-refractivity contribution in [3.63, 3.8) is 0 Å². The van der Waals surface area contributed by atoms with E-state index in [1.807, 2.05) is 0 Å². The lowest BCUT2D eigenvalue weighted by Gasteiger charge is -1.99. The number of hydrogen-bond acceptors (Lipinski definition) is 4. The summed E-state index contributed by atoms with van der Waals surface area (Å²) in [5, 5.41) is 2.59. The Morgan fingerprint density at radius 2 is 2.38 bits per heavy atom. The van der Waals surface area contributed by atoms with Crippen LogP contribution in [0.5, 0.6) is 0 Å². The molecule has 0 atom stereocenters. The second-order valence-corrected chi connectivity index (χ2v) is 3.13. The first kappa shape index (κ1) is 10.4. The van der Waals surface area contributed by atoms with E-state index >= 15 is 0 Å². The Kier molecular flexibility index (Phi) is 2.70. The van der Waals surface area contributed by atoms with E-state index in [1.54, 1.807) is 6.92 Å². The van der Waals surface area contributed by atoms with Gasteiger partial charge >= 0.3 is 5.91 Å². The summed E-state index contributed by atoms with van der Waals surface area (Å²) in [5.74, 6) is 4.35. The number of carbonyl (C=O) groups excluding carboxylic acids is 1. The smallest absolute Gasteiger partial charge is 0.302 e. The van der Waals surface area contributed by atoms with Crippen molar-refractivity contribution in [1.82, 2.24) is 19.9 Å². The summed E-state index contributed by atoms with van der Waals surface area (Å²) in [4.78, 5) is 25.7. The number of imidazole rings is 1. The van der Waals surface area contributed by atoms with Crippen molar-refractivity contribution in [2.24, 2.45) is 0 Å². The standard InChI is InChI=1S/C9H6ClN5O/c1-2-3-5(16)13-9-14-7(10)6-8(15-9)12-4-11-6/h4H,1H3,(H2,11,12,13,14,15,16). The summed E-state index contributed by atoms with van der Waals surface area (Å²) in [6, 6.07) is 0. The molecule has 6 nitrogen and oxygen atoms in total. The highest BCUT2D eigenvalue weighted by Gasteiger charge is 2.09. The van der Waals surface area contributed by atoms with Crippen molar-refractivity contribution < 1.29 is 4.79 Å². The third kappa shape index (κ3) is 1.94. The average Bonchev–Trinajstić information content (AvgIpc) is 2.66. The van der Waals surface area contributed by atoms with Crippen LogP contribution in [-0.4, -0.2) is 25.8 Å². The first-order chi connectivity index (χ1) is 7.70. The molecule has 0 fully saturated rings. The number of nitrogens with one attached hydrogen (secondary N) is 2. The van der Waals surface area contributed by atoms with E-state index < -0.39 is 5.91 Å². The predicted molar refractivity (Wildman–Crippen MR) is 58.8 cm³/mol. The number of halogens is 1. The Morgan fingerprint density at radius 3 is 3.12 bits per heavy atom. The molecule has 0 aliphatic rings. The zero-order chi connectivity index (χ0) is 11.5. The Morgan fingerprint density at radius 1 is 1.56 bits per heavy atom. The van der Waals surface area contributed by atoms with E-state index in [1.165, 1.54) is 6.33 Å². The molecule has 2 N–H and O–H groups in total. The molecule has 80 valence electrons. The van der Waals surface area contributed by atoms with E-state index in [9.17, 15) is 4.79 Å². The van der Waals surface area contributed by atoms with Crippen LogP contribution in [0.4, 0.5) is 5.95 Å². The number of carbonyl (C=O) groups is 1. The topological polar surface area (TPSA) is 83.6 Å². The van der Waals surface area contributed by atoms with Crippen LogP contribution in [0.1, 0.15) is 6.92 Å². The van der Waals surface area contributed by atoms with Crippen LogP contribution in [0.3, 0.4) is 0 Å². The van der Waals surface area contributed by atoms with Gasteiger partial charge in [-0.05, 0) is 12.8 Å². The average molecular weight is 236 g/mol. The summed E-state index contributed by atoms with van der Waals surface area (Å²) >= 11 is 5.85. The van der Waals surface area contributed by atoms with Crippen molar-refractivity contribution >= 4 is 34.6 Å². The number of fused-ring (bicyclic) bond motifs is 1. The lowest BCUT2D eigenvalue weighted by atomic mass is 10.5. The van der Waals surface area contributed by atoms with Crippen LogP contribution < -0.4 is 5.32 Å². The largest absolute Gasteiger partial charge is 0.341 e. The molecule has 0 saturated carbocycles. The minimum Gasteiger partial charge on any atom is -0.341 e. The summed E-state index contributed by atoms with van der Waals surface area (Å²) in [5.41, 5.74) is 0.918. The second-order valence-electron chi connectivity index (χ2n) is 2.77. The van der Waals surface area contributed by atoms with E-state index in [4.69, 9.17) is 11.6 Å². The van der Waals surface area contributed by atoms with Gasteiger partial charge < -0.3 is 4.98 Å². The predicted octanol–water partition coefficient (Wildman–Crippen LogP) is 0.968. The van der Waals surface area contributed by atoms with Crippen molar-refractivity contribution in [3.8, 4) is 11.8 Å². The zero-order valence-corrected chi connectivity index (χ0v) is 8.96. The Hall–Kier alpha value is -2.13. The van der Waals surface area contributed by atoms with Gasteiger partial charge in [-0.3, -0.25) is 10.1 Å². The fourth-order valence-corrected chi connectivity index (χ4v) is 1.32. The molecule has 2 aromatic heterocycles. The van der Waals surface area contributed by atoms with Crippen LogP contribution in [0.15, 0.2) is 6.33 Å². The van der Waals surface area contributed by atoms with Gasteiger partial charge in [-0.1, -0.05) is 17.5 Å². The molecule has 0 spiro atoms. The number of aromatic nitrogens is 4. The molecule has 2 heterocycles. The van der Waals surface area contributed by atoms with Gasteiger partial charge in [-0.25, -0.2) is 4.98 Å². The maximum atomic E-state index is 11.2. The maximum Gasteiger partial charge on any atom is 0.302 e. The summed E-state index contributed by atoms with van der Waals surface area (Å²) in [6.45, 7) is 1.56. The molecule has 0 saturated heterocycles. The highest BCUT2D eigenvalue weighted by Crippen LogP contribution is 2.17. The van der Waals surface area contributed by atoms with E-state index in [0.717, 1.165) is 0 Å². The summed E-state index contributed by atoms with van der Waals surface area (Å²) in [7, 11) is 0. The van der Waals surface area contributed by atoms with E-state index in [0.29, 0.717) is 11.2 Å². The quantitative estimate of drug-likeness (QED) is 0.570. The number of hydrogen-bond donors (Lipinski definition) is 2. The van der Waals surface area contributed by atoms with Crippen LogP contribution >= 0.6 is 11.6 Å². The molecule has 0 unspecified atom stereocenters. The van der Waals surface area contributed by atoms with Gasteiger partial charge in [-0.15, -0.1) is 0 Å². The lowest BCUT2D eigenvalue weighted by molar-refractivity contribution is -0.111. The summed E-state index contributed by atoms with van der Waals surface area (Å²) < 4.78 is 0. The Labute approximate surface area is 95.5 Å². The van der Waals surface area contributed by atoms with Gasteiger partial charge in [0.15, 0.2) is 10.8 Å². The molecule has 0 bridgehead atoms. The van der Waals surface area contributed by atoms with Gasteiger partial charge in [0.1, 0.15) is 5.52 Å². The molecule has 7 heteroatoms. The van der Waals surface area contributed by atoms with Gasteiger partial charge in [0.05, 0.1) is 6.33 Å². The highest BCUT2D eigenvalue weighted by molar-refractivity contribution is 6.33. The molecule has 0 aliphatic heterocycles. The Bertz CT molecular complexity index is 609. The fourth-order valence-electron chi connectivity index (χ4n) is 1.10. The molecule has 0 aliphatic carbocycles. The molecular formula is C9H6ClN5O. The first-order valence-electron chi connectivity index (χ1n) is 4.31. The third-order valence-corrected chi connectivity index (χ3v) is 1.98. The maximum absolute atomic E-state index is 11.2. The Balaban J connectivity index is 2.37. The minimum atomic E-state index is -0.492. The van der Waals surface area contributed by atoms with Crippen LogP contribution in [0, 0.1) is 11.8 Å². The third-order valence-electron chi connectivity index (χ3n) is 1.71. The van der Waals surface area contributed by atoms with E-state index in [-0.39, 0.29) is 11.1 Å². The second kappa shape index (κ2) is 4.16. The molecule has 1 amide bonds. The van der Waals surface area contributed by atoms with Crippen molar-refractivity contribution in [1.29, 1.82) is 0 Å². The summed E-state index contributed by atoms with van der Waals surface area (Å²) in [6.07, 6.45) is 1.45. The van der Waals surface area contributed by atoms with Crippen LogP contribution in [0.2, 0.25) is 5.15 Å². The molecule has 0 radical (unpaired) electrons. The number of amides is 1.